The van der Waals surface area contributed by atoms with Crippen molar-refractivity contribution in [2.45, 2.75) is 31.3 Å². The van der Waals surface area contributed by atoms with Crippen molar-refractivity contribution >= 4 is 21.9 Å². The van der Waals surface area contributed by atoms with Gasteiger partial charge in [-0.25, -0.2) is 0 Å². The molecule has 1 aliphatic rings. The Morgan fingerprint density at radius 1 is 1.38 bits per heavy atom. The maximum atomic E-state index is 11.5. The van der Waals surface area contributed by atoms with Crippen molar-refractivity contribution in [1.82, 2.24) is 0 Å². The number of ether oxygens (including phenoxy) is 1. The summed E-state index contributed by atoms with van der Waals surface area (Å²) >= 11 is 3.30. The first-order chi connectivity index (χ1) is 7.57. The molecule has 1 saturated carbocycles. The zero-order valence-electron chi connectivity index (χ0n) is 8.78. The topological polar surface area (TPSA) is 46.5 Å². The average Bonchev–Trinajstić information content (AvgIpc) is 2.19. The largest absolute Gasteiger partial charge is 0.426 e. The minimum absolute atomic E-state index is 0.0864. The van der Waals surface area contributed by atoms with E-state index in [4.69, 9.17) is 4.74 Å². The molecule has 0 aliphatic heterocycles. The van der Waals surface area contributed by atoms with Gasteiger partial charge in [-0.05, 0) is 43.5 Å². The lowest BCUT2D eigenvalue weighted by Crippen LogP contribution is -2.39. The van der Waals surface area contributed by atoms with Crippen LogP contribution in [0, 0.1) is 0 Å². The number of halogens is 1. The van der Waals surface area contributed by atoms with Gasteiger partial charge in [0, 0.05) is 4.47 Å². The van der Waals surface area contributed by atoms with E-state index in [-0.39, 0.29) is 12.4 Å². The minimum Gasteiger partial charge on any atom is -0.426 e. The molecule has 0 radical (unpaired) electrons. The highest BCUT2D eigenvalue weighted by molar-refractivity contribution is 9.10. The lowest BCUT2D eigenvalue weighted by Gasteiger charge is -2.35. The molecule has 0 saturated heterocycles. The summed E-state index contributed by atoms with van der Waals surface area (Å²) in [5.74, 6) is 0.139. The monoisotopic (exact) mass is 284 g/mol. The highest BCUT2D eigenvalue weighted by Gasteiger charge is 2.37. The fraction of sp³-hybridized carbons (Fsp3) is 0.417. The smallest absolute Gasteiger partial charge is 0.314 e. The number of hydrogen-bond donors (Lipinski definition) is 1. The first-order valence-corrected chi connectivity index (χ1v) is 6.05. The van der Waals surface area contributed by atoms with Crippen molar-refractivity contribution in [3.63, 3.8) is 0 Å². The van der Waals surface area contributed by atoms with Gasteiger partial charge in [-0.3, -0.25) is 4.79 Å². The third-order valence-corrected chi connectivity index (χ3v) is 3.33. The summed E-state index contributed by atoms with van der Waals surface area (Å²) in [7, 11) is 0. The second-order valence-electron chi connectivity index (χ2n) is 4.18. The molecule has 0 heterocycles. The van der Waals surface area contributed by atoms with Crippen LogP contribution in [0.2, 0.25) is 0 Å². The van der Waals surface area contributed by atoms with Gasteiger partial charge < -0.3 is 9.84 Å². The molecule has 1 aromatic carbocycles. The van der Waals surface area contributed by atoms with Crippen molar-refractivity contribution in [2.24, 2.45) is 0 Å². The molecule has 16 heavy (non-hydrogen) atoms. The van der Waals surface area contributed by atoms with Gasteiger partial charge in [-0.1, -0.05) is 15.9 Å². The quantitative estimate of drug-likeness (QED) is 0.686. The molecule has 1 N–H and O–H groups in total. The normalized spacial score (nSPS) is 17.6. The van der Waals surface area contributed by atoms with Crippen LogP contribution in [0.1, 0.15) is 25.7 Å². The molecule has 2 rings (SSSR count). The van der Waals surface area contributed by atoms with Crippen LogP contribution in [0.5, 0.6) is 5.75 Å². The van der Waals surface area contributed by atoms with Crippen molar-refractivity contribution in [3.8, 4) is 5.75 Å². The summed E-state index contributed by atoms with van der Waals surface area (Å²) in [6, 6.07) is 7.04. The van der Waals surface area contributed by atoms with Crippen LogP contribution in [0.3, 0.4) is 0 Å². The van der Waals surface area contributed by atoms with Crippen molar-refractivity contribution < 1.29 is 14.6 Å². The Balaban J connectivity index is 1.89. The minimum atomic E-state index is -0.813. The van der Waals surface area contributed by atoms with Gasteiger partial charge in [0.2, 0.25) is 0 Å². The lowest BCUT2D eigenvalue weighted by molar-refractivity contribution is -0.143. The van der Waals surface area contributed by atoms with Gasteiger partial charge in [-0.2, -0.15) is 0 Å². The number of hydrogen-bond acceptors (Lipinski definition) is 3. The van der Waals surface area contributed by atoms with Crippen molar-refractivity contribution in [2.75, 3.05) is 0 Å². The molecule has 1 fully saturated rings. The summed E-state index contributed by atoms with van der Waals surface area (Å²) in [6.45, 7) is 0. The van der Waals surface area contributed by atoms with Crippen LogP contribution >= 0.6 is 15.9 Å². The third-order valence-electron chi connectivity index (χ3n) is 2.80. The van der Waals surface area contributed by atoms with Crippen LogP contribution in [0.25, 0.3) is 0 Å². The van der Waals surface area contributed by atoms with Gasteiger partial charge in [-0.15, -0.1) is 0 Å². The van der Waals surface area contributed by atoms with E-state index in [0.717, 1.165) is 10.9 Å². The van der Waals surface area contributed by atoms with Crippen molar-refractivity contribution in [3.05, 3.63) is 28.7 Å². The maximum Gasteiger partial charge on any atom is 0.314 e. The fourth-order valence-electron chi connectivity index (χ4n) is 1.70. The first kappa shape index (κ1) is 11.6. The van der Waals surface area contributed by atoms with E-state index in [1.165, 1.54) is 0 Å². The molecule has 3 nitrogen and oxygen atoms in total. The number of carbonyl (C=O) groups is 1. The predicted molar refractivity (Wildman–Crippen MR) is 63.2 cm³/mol. The molecule has 1 aromatic rings. The number of rotatable bonds is 3. The molecule has 86 valence electrons. The summed E-state index contributed by atoms with van der Waals surface area (Å²) in [5.41, 5.74) is -0.813. The Hall–Kier alpha value is -0.870. The summed E-state index contributed by atoms with van der Waals surface area (Å²) in [6.07, 6.45) is 2.47. The van der Waals surface area contributed by atoms with Gasteiger partial charge in [0.25, 0.3) is 0 Å². The van der Waals surface area contributed by atoms with Gasteiger partial charge >= 0.3 is 5.97 Å². The Labute approximate surface area is 103 Å². The maximum absolute atomic E-state index is 11.5. The molecular weight excluding hydrogens is 272 g/mol. The Kier molecular flexibility index (Phi) is 3.30. The predicted octanol–water partition coefficient (Wildman–Crippen LogP) is 2.66. The van der Waals surface area contributed by atoms with E-state index in [0.29, 0.717) is 18.6 Å². The molecule has 0 bridgehead atoms. The van der Waals surface area contributed by atoms with Crippen molar-refractivity contribution in [1.29, 1.82) is 0 Å². The fourth-order valence-corrected chi connectivity index (χ4v) is 1.96. The second kappa shape index (κ2) is 4.55. The van der Waals surface area contributed by atoms with E-state index in [9.17, 15) is 9.90 Å². The molecule has 0 aromatic heterocycles. The van der Waals surface area contributed by atoms with Crippen LogP contribution in [0.15, 0.2) is 28.7 Å². The number of aliphatic hydroxyl groups is 1. The summed E-state index contributed by atoms with van der Waals surface area (Å²) in [4.78, 5) is 11.5. The SMILES string of the molecule is O=C(CC1(O)CCC1)Oc1ccc(Br)cc1. The van der Waals surface area contributed by atoms with Crippen LogP contribution in [-0.2, 0) is 4.79 Å². The van der Waals surface area contributed by atoms with Crippen LogP contribution in [0.4, 0.5) is 0 Å². The molecule has 4 heteroatoms. The highest BCUT2D eigenvalue weighted by atomic mass is 79.9. The summed E-state index contributed by atoms with van der Waals surface area (Å²) < 4.78 is 6.06. The van der Waals surface area contributed by atoms with E-state index >= 15 is 0 Å². The van der Waals surface area contributed by atoms with Crippen LogP contribution in [-0.4, -0.2) is 16.7 Å². The Morgan fingerprint density at radius 3 is 2.50 bits per heavy atom. The van der Waals surface area contributed by atoms with E-state index < -0.39 is 5.60 Å². The molecule has 0 unspecified atom stereocenters. The third kappa shape index (κ3) is 2.83. The Bertz CT molecular complexity index is 382. The van der Waals surface area contributed by atoms with Gasteiger partial charge in [0.1, 0.15) is 5.75 Å². The molecule has 0 amide bonds. The van der Waals surface area contributed by atoms with E-state index in [2.05, 4.69) is 15.9 Å². The van der Waals surface area contributed by atoms with Gasteiger partial charge in [0.15, 0.2) is 0 Å². The standard InChI is InChI=1S/C12H13BrO3/c13-9-2-4-10(5-3-9)16-11(14)8-12(15)6-1-7-12/h2-5,15H,1,6-8H2. The molecule has 1 aliphatic carbocycles. The van der Waals surface area contributed by atoms with E-state index in [1.54, 1.807) is 24.3 Å². The number of benzene rings is 1. The second-order valence-corrected chi connectivity index (χ2v) is 5.10. The average molecular weight is 285 g/mol. The zero-order valence-corrected chi connectivity index (χ0v) is 10.4. The lowest BCUT2D eigenvalue weighted by atomic mass is 9.78. The molecular formula is C12H13BrO3. The number of esters is 1. The van der Waals surface area contributed by atoms with Crippen LogP contribution < -0.4 is 4.74 Å². The highest BCUT2D eigenvalue weighted by Crippen LogP contribution is 2.34. The Morgan fingerprint density at radius 2 is 2.00 bits per heavy atom. The molecule has 0 spiro atoms. The number of carbonyl (C=O) groups excluding carboxylic acids is 1. The zero-order chi connectivity index (χ0) is 11.6. The first-order valence-electron chi connectivity index (χ1n) is 5.26. The van der Waals surface area contributed by atoms with Gasteiger partial charge in [0.05, 0.1) is 12.0 Å². The van der Waals surface area contributed by atoms with E-state index in [1.807, 2.05) is 0 Å². The molecule has 0 atom stereocenters. The summed E-state index contributed by atoms with van der Waals surface area (Å²) in [5, 5.41) is 9.79.